The quantitative estimate of drug-likeness (QED) is 0.152. The van der Waals surface area contributed by atoms with E-state index in [4.69, 9.17) is 9.72 Å². The summed E-state index contributed by atoms with van der Waals surface area (Å²) in [7, 11) is 0. The Morgan fingerprint density at radius 3 is 1.73 bits per heavy atom. The van der Waals surface area contributed by atoms with Crippen LogP contribution < -0.4 is 14.5 Å². The van der Waals surface area contributed by atoms with Crippen molar-refractivity contribution in [2.45, 2.75) is 52.4 Å². The molecule has 0 N–H and O–H groups in total. The molecule has 3 heterocycles. The number of para-hydroxylation sites is 2. The van der Waals surface area contributed by atoms with Crippen LogP contribution in [0.2, 0.25) is 0 Å². The van der Waals surface area contributed by atoms with E-state index in [1.54, 1.807) is 0 Å². The van der Waals surface area contributed by atoms with Gasteiger partial charge in [0.1, 0.15) is 24.0 Å². The van der Waals surface area contributed by atoms with Gasteiger partial charge in [-0.3, -0.25) is 4.57 Å². The molecule has 0 saturated heterocycles. The van der Waals surface area contributed by atoms with Gasteiger partial charge in [0.2, 0.25) is 0 Å². The van der Waals surface area contributed by atoms with Crippen molar-refractivity contribution in [2.75, 3.05) is 16.5 Å². The lowest BCUT2D eigenvalue weighted by Crippen LogP contribution is -2.25. The highest BCUT2D eigenvalue weighted by atomic mass is 16.5. The molecule has 1 aliphatic heterocycles. The first-order valence-electron chi connectivity index (χ1n) is 23.3. The van der Waals surface area contributed by atoms with Crippen LogP contribution >= 0.6 is 0 Å². The number of nitrogens with zero attached hydrogens (tertiary/aromatic N) is 4. The van der Waals surface area contributed by atoms with Crippen LogP contribution in [0.3, 0.4) is 0 Å². The van der Waals surface area contributed by atoms with E-state index >= 15 is 0 Å². The van der Waals surface area contributed by atoms with Gasteiger partial charge in [-0.25, -0.2) is 4.98 Å². The number of hydrogen-bond donors (Lipinski definition) is 0. The second kappa shape index (κ2) is 16.5. The number of fused-ring (bicyclic) bond motifs is 4. The van der Waals surface area contributed by atoms with E-state index < -0.39 is 0 Å². The Balaban J connectivity index is 1.04. The van der Waals surface area contributed by atoms with Crippen LogP contribution in [-0.4, -0.2) is 16.2 Å². The fourth-order valence-corrected chi connectivity index (χ4v) is 9.60. The number of rotatable bonds is 8. The van der Waals surface area contributed by atoms with Crippen LogP contribution in [0.25, 0.3) is 61.0 Å². The van der Waals surface area contributed by atoms with Crippen LogP contribution in [0, 0.1) is 0 Å². The molecule has 0 bridgehead atoms. The Labute approximate surface area is 394 Å². The SMILES string of the molecule is CC(C)(C)c1ccnc(-n2c3ccc(-c4ccccc4)cc3c3cc(-c4ccccc4)c(Oc4cccc(N5CN(c6cc(C(C)(C)C)ccc6-c6ccccc6)c6ccccc65)c4)cc32)c1. The van der Waals surface area contributed by atoms with Crippen LogP contribution in [0.5, 0.6) is 11.5 Å². The van der Waals surface area contributed by atoms with Gasteiger partial charge in [0.05, 0.1) is 28.1 Å². The maximum absolute atomic E-state index is 7.19. The van der Waals surface area contributed by atoms with Crippen LogP contribution in [0.15, 0.2) is 206 Å². The molecule has 5 nitrogen and oxygen atoms in total. The molecular formula is C62H54N4O. The van der Waals surface area contributed by atoms with Crippen molar-refractivity contribution in [2.24, 2.45) is 0 Å². The summed E-state index contributed by atoms with van der Waals surface area (Å²) in [6.07, 6.45) is 1.94. The minimum atomic E-state index is -0.0514. The van der Waals surface area contributed by atoms with Gasteiger partial charge in [0, 0.05) is 45.9 Å². The molecule has 0 amide bonds. The smallest absolute Gasteiger partial charge is 0.137 e. The van der Waals surface area contributed by atoms with E-state index in [0.717, 1.165) is 61.6 Å². The summed E-state index contributed by atoms with van der Waals surface area (Å²) < 4.78 is 9.49. The summed E-state index contributed by atoms with van der Waals surface area (Å²) in [6.45, 7) is 14.3. The molecule has 5 heteroatoms. The molecule has 8 aromatic carbocycles. The van der Waals surface area contributed by atoms with Gasteiger partial charge in [-0.2, -0.15) is 0 Å². The van der Waals surface area contributed by atoms with Crippen molar-refractivity contribution in [3.8, 4) is 50.7 Å². The molecule has 1 aliphatic rings. The fraction of sp³-hybridized carbons (Fsp3) is 0.145. The van der Waals surface area contributed by atoms with E-state index in [-0.39, 0.29) is 10.8 Å². The van der Waals surface area contributed by atoms with Crippen molar-refractivity contribution in [3.05, 3.63) is 218 Å². The highest BCUT2D eigenvalue weighted by Gasteiger charge is 2.31. The van der Waals surface area contributed by atoms with Crippen LogP contribution in [0.1, 0.15) is 52.7 Å². The molecule has 10 aromatic rings. The van der Waals surface area contributed by atoms with Crippen LogP contribution in [-0.2, 0) is 10.8 Å². The van der Waals surface area contributed by atoms with E-state index in [9.17, 15) is 0 Å². The predicted molar refractivity (Wildman–Crippen MR) is 281 cm³/mol. The van der Waals surface area contributed by atoms with E-state index in [2.05, 4.69) is 256 Å². The molecule has 328 valence electrons. The maximum Gasteiger partial charge on any atom is 0.137 e. The molecule has 0 radical (unpaired) electrons. The summed E-state index contributed by atoms with van der Waals surface area (Å²) in [5.74, 6) is 2.40. The monoisotopic (exact) mass is 870 g/mol. The Hall–Kier alpha value is -7.89. The molecule has 0 saturated carbocycles. The molecule has 0 atom stereocenters. The van der Waals surface area contributed by atoms with Gasteiger partial charge in [-0.15, -0.1) is 0 Å². The fourth-order valence-electron chi connectivity index (χ4n) is 9.60. The Kier molecular flexibility index (Phi) is 10.3. The summed E-state index contributed by atoms with van der Waals surface area (Å²) in [4.78, 5) is 9.89. The molecule has 67 heavy (non-hydrogen) atoms. The number of hydrogen-bond acceptors (Lipinski definition) is 4. The number of ether oxygens (including phenoxy) is 1. The number of pyridine rings is 1. The second-order valence-corrected chi connectivity index (χ2v) is 19.8. The summed E-state index contributed by atoms with van der Waals surface area (Å²) in [5, 5.41) is 2.29. The third kappa shape index (κ3) is 7.80. The van der Waals surface area contributed by atoms with Crippen molar-refractivity contribution < 1.29 is 4.74 Å². The van der Waals surface area contributed by atoms with Gasteiger partial charge in [-0.05, 0) is 105 Å². The zero-order valence-electron chi connectivity index (χ0n) is 39.0. The second-order valence-electron chi connectivity index (χ2n) is 19.8. The molecule has 0 fully saturated rings. The minimum Gasteiger partial charge on any atom is -0.457 e. The molecular weight excluding hydrogens is 817 g/mol. The molecule has 0 unspecified atom stereocenters. The average Bonchev–Trinajstić information content (AvgIpc) is 3.89. The first-order valence-corrected chi connectivity index (χ1v) is 23.3. The van der Waals surface area contributed by atoms with Crippen molar-refractivity contribution >= 4 is 44.6 Å². The number of anilines is 4. The lowest BCUT2D eigenvalue weighted by Gasteiger charge is -2.27. The van der Waals surface area contributed by atoms with Gasteiger partial charge >= 0.3 is 0 Å². The van der Waals surface area contributed by atoms with Gasteiger partial charge in [-0.1, -0.05) is 169 Å². The van der Waals surface area contributed by atoms with Gasteiger partial charge in [0.15, 0.2) is 0 Å². The minimum absolute atomic E-state index is 0.0113. The largest absolute Gasteiger partial charge is 0.457 e. The summed E-state index contributed by atoms with van der Waals surface area (Å²) in [5.41, 5.74) is 16.0. The molecule has 11 rings (SSSR count). The zero-order valence-corrected chi connectivity index (χ0v) is 39.0. The third-order valence-corrected chi connectivity index (χ3v) is 13.2. The predicted octanol–water partition coefficient (Wildman–Crippen LogP) is 16.8. The normalized spacial score (nSPS) is 12.8. The van der Waals surface area contributed by atoms with Crippen LogP contribution in [0.4, 0.5) is 22.7 Å². The summed E-state index contributed by atoms with van der Waals surface area (Å²) >= 11 is 0. The zero-order chi connectivity index (χ0) is 45.9. The number of aromatic nitrogens is 2. The Bertz CT molecular complexity index is 3430. The topological polar surface area (TPSA) is 33.5 Å². The lowest BCUT2D eigenvalue weighted by atomic mass is 9.85. The standard InChI is InChI=1S/C62H54N4O/c1-61(2,3)46-30-31-50(43-21-12-8-13-22-43)57(36-46)65-41-64(55-27-16-17-28-56(55)65)48-25-18-26-49(38-48)67-59-40-58-53(39-51(59)44-23-14-9-15-24-44)52-35-45(42-19-10-7-11-20-42)29-32-54(52)66(58)60-37-47(33-34-63-60)62(4,5)6/h7-40H,41H2,1-6H3. The van der Waals surface area contributed by atoms with E-state index in [0.29, 0.717) is 6.67 Å². The highest BCUT2D eigenvalue weighted by Crippen LogP contribution is 2.49. The Morgan fingerprint density at radius 1 is 0.433 bits per heavy atom. The Morgan fingerprint density at radius 2 is 1.04 bits per heavy atom. The molecule has 2 aromatic heterocycles. The van der Waals surface area contributed by atoms with Crippen molar-refractivity contribution in [3.63, 3.8) is 0 Å². The average molecular weight is 871 g/mol. The van der Waals surface area contributed by atoms with Crippen molar-refractivity contribution in [1.82, 2.24) is 9.55 Å². The third-order valence-electron chi connectivity index (χ3n) is 13.2. The number of benzene rings is 8. The molecule has 0 spiro atoms. The molecule has 0 aliphatic carbocycles. The van der Waals surface area contributed by atoms with Gasteiger partial charge < -0.3 is 14.5 Å². The highest BCUT2D eigenvalue weighted by molar-refractivity contribution is 6.12. The first kappa shape index (κ1) is 41.8. The van der Waals surface area contributed by atoms with Gasteiger partial charge in [0.25, 0.3) is 0 Å². The van der Waals surface area contributed by atoms with Crippen molar-refractivity contribution in [1.29, 1.82) is 0 Å². The first-order chi connectivity index (χ1) is 32.5. The van der Waals surface area contributed by atoms with E-state index in [1.165, 1.54) is 44.8 Å². The summed E-state index contributed by atoms with van der Waals surface area (Å²) in [6, 6.07) is 71.9. The van der Waals surface area contributed by atoms with E-state index in [1.807, 2.05) is 6.20 Å². The maximum atomic E-state index is 7.19. The lowest BCUT2D eigenvalue weighted by molar-refractivity contribution is 0.485.